The molecule has 9 heteroatoms. The number of carbonyl (C=O) groups is 1. The Morgan fingerprint density at radius 1 is 1.32 bits per heavy atom. The average molecular weight is 358 g/mol. The average Bonchev–Trinajstić information content (AvgIpc) is 3.30. The van der Waals surface area contributed by atoms with Gasteiger partial charge in [0.1, 0.15) is 12.7 Å². The van der Waals surface area contributed by atoms with Gasteiger partial charge in [0, 0.05) is 25.2 Å². The lowest BCUT2D eigenvalue weighted by Crippen LogP contribution is -2.36. The van der Waals surface area contributed by atoms with Crippen LogP contribution in [0.4, 0.5) is 10.8 Å². The molecule has 3 heterocycles. The van der Waals surface area contributed by atoms with Gasteiger partial charge in [-0.05, 0) is 18.2 Å². The lowest BCUT2D eigenvalue weighted by molar-refractivity contribution is -0.116. The molecule has 0 saturated carbocycles. The van der Waals surface area contributed by atoms with Crippen molar-refractivity contribution in [3.63, 3.8) is 0 Å². The third kappa shape index (κ3) is 3.77. The molecule has 0 bridgehead atoms. The van der Waals surface area contributed by atoms with Gasteiger partial charge in [-0.15, -0.1) is 0 Å². The Morgan fingerprint density at radius 3 is 3.00 bits per heavy atom. The van der Waals surface area contributed by atoms with Crippen LogP contribution in [0.1, 0.15) is 6.42 Å². The Labute approximate surface area is 148 Å². The summed E-state index contributed by atoms with van der Waals surface area (Å²) in [7, 11) is 0. The van der Waals surface area contributed by atoms with E-state index in [2.05, 4.69) is 25.3 Å². The zero-order chi connectivity index (χ0) is 17.1. The van der Waals surface area contributed by atoms with Crippen LogP contribution in [-0.2, 0) is 16.1 Å². The maximum Gasteiger partial charge on any atom is 0.226 e. The van der Waals surface area contributed by atoms with Crippen molar-refractivity contribution in [2.75, 3.05) is 36.5 Å². The standard InChI is InChI=1S/C16H18N6O2S/c23-15(3-4-22-11-17-10-18-22)19-12-1-2-13-14(9-12)25-16(20-13)21-5-7-24-8-6-21/h1-2,9-11H,3-8H2,(H,19,23). The summed E-state index contributed by atoms with van der Waals surface area (Å²) in [5.41, 5.74) is 1.74. The molecule has 1 N–H and O–H groups in total. The molecule has 4 rings (SSSR count). The fourth-order valence-corrected chi connectivity index (χ4v) is 3.72. The van der Waals surface area contributed by atoms with Crippen molar-refractivity contribution in [2.45, 2.75) is 13.0 Å². The number of hydrogen-bond donors (Lipinski definition) is 1. The maximum atomic E-state index is 12.1. The third-order valence-corrected chi connectivity index (χ3v) is 5.06. The van der Waals surface area contributed by atoms with Crippen molar-refractivity contribution in [1.82, 2.24) is 19.7 Å². The van der Waals surface area contributed by atoms with Gasteiger partial charge >= 0.3 is 0 Å². The zero-order valence-corrected chi connectivity index (χ0v) is 14.4. The number of nitrogens with zero attached hydrogens (tertiary/aromatic N) is 5. The molecule has 1 saturated heterocycles. The second kappa shape index (κ2) is 7.16. The van der Waals surface area contributed by atoms with E-state index in [1.54, 1.807) is 22.3 Å². The molecule has 0 spiro atoms. The minimum atomic E-state index is -0.0484. The van der Waals surface area contributed by atoms with Crippen LogP contribution < -0.4 is 10.2 Å². The van der Waals surface area contributed by atoms with Gasteiger partial charge in [-0.3, -0.25) is 9.48 Å². The van der Waals surface area contributed by atoms with E-state index in [-0.39, 0.29) is 5.91 Å². The summed E-state index contributed by atoms with van der Waals surface area (Å²) in [6.07, 6.45) is 3.41. The molecule has 0 unspecified atom stereocenters. The highest BCUT2D eigenvalue weighted by molar-refractivity contribution is 7.22. The number of fused-ring (bicyclic) bond motifs is 1. The molecule has 1 amide bonds. The van der Waals surface area contributed by atoms with Crippen LogP contribution in [0.3, 0.4) is 0 Å². The van der Waals surface area contributed by atoms with Gasteiger partial charge in [0.2, 0.25) is 5.91 Å². The van der Waals surface area contributed by atoms with Gasteiger partial charge in [-0.1, -0.05) is 11.3 Å². The minimum absolute atomic E-state index is 0.0484. The second-order valence-electron chi connectivity index (χ2n) is 5.74. The van der Waals surface area contributed by atoms with E-state index < -0.39 is 0 Å². The topological polar surface area (TPSA) is 85.2 Å². The number of morpholine rings is 1. The van der Waals surface area contributed by atoms with Crippen LogP contribution in [0.2, 0.25) is 0 Å². The Balaban J connectivity index is 1.42. The number of anilines is 2. The summed E-state index contributed by atoms with van der Waals surface area (Å²) in [5.74, 6) is -0.0484. The van der Waals surface area contributed by atoms with Crippen molar-refractivity contribution in [2.24, 2.45) is 0 Å². The van der Waals surface area contributed by atoms with Crippen molar-refractivity contribution in [3.05, 3.63) is 30.9 Å². The predicted octanol–water partition coefficient (Wildman–Crippen LogP) is 1.75. The first-order valence-corrected chi connectivity index (χ1v) is 8.95. The molecule has 1 aliphatic heterocycles. The molecule has 0 atom stereocenters. The van der Waals surface area contributed by atoms with E-state index in [4.69, 9.17) is 4.74 Å². The lowest BCUT2D eigenvalue weighted by Gasteiger charge is -2.25. The number of hydrogen-bond acceptors (Lipinski definition) is 7. The highest BCUT2D eigenvalue weighted by Gasteiger charge is 2.15. The number of nitrogens with one attached hydrogen (secondary N) is 1. The van der Waals surface area contributed by atoms with E-state index in [0.717, 1.165) is 47.3 Å². The highest BCUT2D eigenvalue weighted by atomic mass is 32.1. The number of aryl methyl sites for hydroxylation is 1. The quantitative estimate of drug-likeness (QED) is 0.748. The zero-order valence-electron chi connectivity index (χ0n) is 13.6. The molecule has 130 valence electrons. The molecule has 8 nitrogen and oxygen atoms in total. The summed E-state index contributed by atoms with van der Waals surface area (Å²) in [4.78, 5) is 22.9. The van der Waals surface area contributed by atoms with E-state index in [1.165, 1.54) is 6.33 Å². The number of rotatable bonds is 5. The molecule has 1 aromatic carbocycles. The Bertz CT molecular complexity index is 857. The molecule has 2 aromatic heterocycles. The number of aromatic nitrogens is 4. The number of carbonyl (C=O) groups excluding carboxylic acids is 1. The molecule has 25 heavy (non-hydrogen) atoms. The summed E-state index contributed by atoms with van der Waals surface area (Å²) >= 11 is 1.64. The van der Waals surface area contributed by atoms with Gasteiger partial charge in [0.25, 0.3) is 0 Å². The first kappa shape index (κ1) is 16.0. The molecular weight excluding hydrogens is 340 g/mol. The summed E-state index contributed by atoms with van der Waals surface area (Å²) in [5, 5.41) is 7.93. The van der Waals surface area contributed by atoms with E-state index in [0.29, 0.717) is 13.0 Å². The molecule has 3 aromatic rings. The van der Waals surface area contributed by atoms with Crippen LogP contribution in [-0.4, -0.2) is 52.0 Å². The maximum absolute atomic E-state index is 12.1. The summed E-state index contributed by atoms with van der Waals surface area (Å²) in [6, 6.07) is 5.81. The fraction of sp³-hybridized carbons (Fsp3) is 0.375. The first-order chi connectivity index (χ1) is 12.3. The van der Waals surface area contributed by atoms with Crippen LogP contribution in [0.5, 0.6) is 0 Å². The van der Waals surface area contributed by atoms with Gasteiger partial charge < -0.3 is 15.0 Å². The van der Waals surface area contributed by atoms with Crippen molar-refractivity contribution in [3.8, 4) is 0 Å². The minimum Gasteiger partial charge on any atom is -0.378 e. The Kier molecular flexibility index (Phi) is 4.57. The number of amides is 1. The van der Waals surface area contributed by atoms with Crippen molar-refractivity contribution in [1.29, 1.82) is 0 Å². The van der Waals surface area contributed by atoms with E-state index in [1.807, 2.05) is 18.2 Å². The Morgan fingerprint density at radius 2 is 2.20 bits per heavy atom. The SMILES string of the molecule is O=C(CCn1cncn1)Nc1ccc2nc(N3CCOCC3)sc2c1. The van der Waals surface area contributed by atoms with Crippen LogP contribution in [0.15, 0.2) is 30.9 Å². The normalized spacial score (nSPS) is 14.8. The number of benzene rings is 1. The monoisotopic (exact) mass is 358 g/mol. The van der Waals surface area contributed by atoms with Crippen molar-refractivity contribution >= 4 is 38.3 Å². The van der Waals surface area contributed by atoms with Gasteiger partial charge in [0.15, 0.2) is 5.13 Å². The smallest absolute Gasteiger partial charge is 0.226 e. The van der Waals surface area contributed by atoms with Crippen molar-refractivity contribution < 1.29 is 9.53 Å². The van der Waals surface area contributed by atoms with Gasteiger partial charge in [-0.2, -0.15) is 5.10 Å². The Hall–Kier alpha value is -2.52. The molecule has 0 aliphatic carbocycles. The molecule has 0 radical (unpaired) electrons. The van der Waals surface area contributed by atoms with Crippen LogP contribution >= 0.6 is 11.3 Å². The fourth-order valence-electron chi connectivity index (χ4n) is 2.67. The number of ether oxygens (including phenoxy) is 1. The number of thiazole rings is 1. The predicted molar refractivity (Wildman–Crippen MR) is 95.9 cm³/mol. The lowest BCUT2D eigenvalue weighted by atomic mass is 10.3. The largest absolute Gasteiger partial charge is 0.378 e. The highest BCUT2D eigenvalue weighted by Crippen LogP contribution is 2.31. The summed E-state index contributed by atoms with van der Waals surface area (Å²) < 4.78 is 8.09. The molecule has 1 fully saturated rings. The van der Waals surface area contributed by atoms with Gasteiger partial charge in [-0.25, -0.2) is 9.97 Å². The van der Waals surface area contributed by atoms with Crippen LogP contribution in [0, 0.1) is 0 Å². The first-order valence-electron chi connectivity index (χ1n) is 8.13. The third-order valence-electron chi connectivity index (χ3n) is 3.98. The molecular formula is C16H18N6O2S. The van der Waals surface area contributed by atoms with E-state index in [9.17, 15) is 4.79 Å². The van der Waals surface area contributed by atoms with Gasteiger partial charge in [0.05, 0.1) is 30.0 Å². The summed E-state index contributed by atoms with van der Waals surface area (Å²) in [6.45, 7) is 3.72. The van der Waals surface area contributed by atoms with E-state index >= 15 is 0 Å². The molecule has 1 aliphatic rings. The second-order valence-corrected chi connectivity index (χ2v) is 6.74. The van der Waals surface area contributed by atoms with Crippen LogP contribution in [0.25, 0.3) is 10.2 Å².